The van der Waals surface area contributed by atoms with E-state index in [0.29, 0.717) is 12.5 Å². The molecule has 0 spiro atoms. The molecule has 3 heteroatoms. The summed E-state index contributed by atoms with van der Waals surface area (Å²) >= 11 is 0. The molecule has 0 aliphatic heterocycles. The van der Waals surface area contributed by atoms with Gasteiger partial charge in [-0.25, -0.2) is 0 Å². The van der Waals surface area contributed by atoms with Crippen molar-refractivity contribution in [2.24, 2.45) is 5.92 Å². The highest BCUT2D eigenvalue weighted by Gasteiger charge is 2.02. The van der Waals surface area contributed by atoms with Gasteiger partial charge in [0.1, 0.15) is 0 Å². The minimum atomic E-state index is 0.0630. The van der Waals surface area contributed by atoms with E-state index in [1.54, 1.807) is 0 Å². The molecule has 0 aromatic heterocycles. The van der Waals surface area contributed by atoms with E-state index < -0.39 is 0 Å². The maximum absolute atomic E-state index is 11.5. The number of hydrogen-bond acceptors (Lipinski definition) is 2. The Morgan fingerprint density at radius 1 is 1.17 bits per heavy atom. The fourth-order valence-electron chi connectivity index (χ4n) is 1.87. The van der Waals surface area contributed by atoms with Crippen molar-refractivity contribution < 1.29 is 4.79 Å². The summed E-state index contributed by atoms with van der Waals surface area (Å²) in [5.41, 5.74) is 3.75. The van der Waals surface area contributed by atoms with Crippen LogP contribution in [0.5, 0.6) is 0 Å². The van der Waals surface area contributed by atoms with Crippen LogP contribution in [-0.4, -0.2) is 19.0 Å². The number of nitrogens with one attached hydrogen (secondary N) is 2. The van der Waals surface area contributed by atoms with Crippen LogP contribution in [0.1, 0.15) is 30.5 Å². The standard InChI is InChI=1S/C15H24N2O/c1-11(2)8-17-15(18)10-16-9-14-6-12(3)5-13(4)7-14/h5-7,11,16H,8-10H2,1-4H3,(H,17,18). The van der Waals surface area contributed by atoms with Crippen LogP contribution < -0.4 is 10.6 Å². The van der Waals surface area contributed by atoms with Crippen molar-refractivity contribution in [2.75, 3.05) is 13.1 Å². The van der Waals surface area contributed by atoms with Gasteiger partial charge in [-0.2, -0.15) is 0 Å². The predicted molar refractivity (Wildman–Crippen MR) is 75.5 cm³/mol. The Hall–Kier alpha value is -1.35. The van der Waals surface area contributed by atoms with Crippen LogP contribution in [0, 0.1) is 19.8 Å². The Morgan fingerprint density at radius 3 is 2.33 bits per heavy atom. The maximum atomic E-state index is 11.5. The Bertz CT molecular complexity index is 379. The fourth-order valence-corrected chi connectivity index (χ4v) is 1.87. The smallest absolute Gasteiger partial charge is 0.233 e. The number of benzene rings is 1. The van der Waals surface area contributed by atoms with Crippen LogP contribution >= 0.6 is 0 Å². The quantitative estimate of drug-likeness (QED) is 0.810. The Labute approximate surface area is 110 Å². The van der Waals surface area contributed by atoms with E-state index in [9.17, 15) is 4.79 Å². The topological polar surface area (TPSA) is 41.1 Å². The molecule has 1 aromatic rings. The van der Waals surface area contributed by atoms with Gasteiger partial charge in [0.05, 0.1) is 6.54 Å². The second-order valence-electron chi connectivity index (χ2n) is 5.30. The normalized spacial score (nSPS) is 10.7. The second-order valence-corrected chi connectivity index (χ2v) is 5.30. The number of hydrogen-bond donors (Lipinski definition) is 2. The van der Waals surface area contributed by atoms with Gasteiger partial charge in [0, 0.05) is 13.1 Å². The molecule has 0 aliphatic carbocycles. The van der Waals surface area contributed by atoms with E-state index in [4.69, 9.17) is 0 Å². The Balaban J connectivity index is 2.30. The highest BCUT2D eigenvalue weighted by molar-refractivity contribution is 5.77. The van der Waals surface area contributed by atoms with Gasteiger partial charge in [-0.1, -0.05) is 43.2 Å². The van der Waals surface area contributed by atoms with Gasteiger partial charge in [-0.15, -0.1) is 0 Å². The fraction of sp³-hybridized carbons (Fsp3) is 0.533. The molecular weight excluding hydrogens is 224 g/mol. The molecule has 3 nitrogen and oxygen atoms in total. The zero-order valence-electron chi connectivity index (χ0n) is 11.8. The third kappa shape index (κ3) is 5.82. The van der Waals surface area contributed by atoms with Gasteiger partial charge < -0.3 is 10.6 Å². The molecule has 0 fully saturated rings. The third-order valence-electron chi connectivity index (χ3n) is 2.60. The average Bonchev–Trinajstić information content (AvgIpc) is 2.25. The minimum absolute atomic E-state index is 0.0630. The molecule has 0 atom stereocenters. The first-order chi connectivity index (χ1) is 8.47. The van der Waals surface area contributed by atoms with Crippen molar-refractivity contribution >= 4 is 5.91 Å². The largest absolute Gasteiger partial charge is 0.355 e. The molecule has 18 heavy (non-hydrogen) atoms. The lowest BCUT2D eigenvalue weighted by Gasteiger charge is -2.09. The van der Waals surface area contributed by atoms with Crippen LogP contribution in [0.3, 0.4) is 0 Å². The lowest BCUT2D eigenvalue weighted by Crippen LogP contribution is -2.35. The van der Waals surface area contributed by atoms with Crippen molar-refractivity contribution in [2.45, 2.75) is 34.2 Å². The first kappa shape index (κ1) is 14.7. The van der Waals surface area contributed by atoms with E-state index >= 15 is 0 Å². The Morgan fingerprint density at radius 2 is 1.78 bits per heavy atom. The summed E-state index contributed by atoms with van der Waals surface area (Å²) in [4.78, 5) is 11.5. The van der Waals surface area contributed by atoms with Crippen molar-refractivity contribution in [3.8, 4) is 0 Å². The molecule has 0 heterocycles. The molecule has 0 radical (unpaired) electrons. The third-order valence-corrected chi connectivity index (χ3v) is 2.60. The maximum Gasteiger partial charge on any atom is 0.233 e. The summed E-state index contributed by atoms with van der Waals surface area (Å²) in [7, 11) is 0. The van der Waals surface area contributed by atoms with Gasteiger partial charge in [0.15, 0.2) is 0 Å². The van der Waals surface area contributed by atoms with E-state index in [-0.39, 0.29) is 5.91 Å². The summed E-state index contributed by atoms with van der Waals surface area (Å²) in [6, 6.07) is 6.44. The SMILES string of the molecule is Cc1cc(C)cc(CNCC(=O)NCC(C)C)c1. The predicted octanol–water partition coefficient (Wildman–Crippen LogP) is 2.17. The molecule has 1 amide bonds. The Kier molecular flexibility index (Phi) is 5.86. The van der Waals surface area contributed by atoms with Crippen molar-refractivity contribution in [1.29, 1.82) is 0 Å². The molecule has 0 aliphatic rings. The number of carbonyl (C=O) groups excluding carboxylic acids is 1. The zero-order valence-corrected chi connectivity index (χ0v) is 11.8. The summed E-state index contributed by atoms with van der Waals surface area (Å²) in [5.74, 6) is 0.557. The summed E-state index contributed by atoms with van der Waals surface area (Å²) in [6.07, 6.45) is 0. The summed E-state index contributed by atoms with van der Waals surface area (Å²) in [5, 5.41) is 6.06. The molecule has 0 unspecified atom stereocenters. The average molecular weight is 248 g/mol. The number of rotatable bonds is 6. The van der Waals surface area contributed by atoms with E-state index in [1.165, 1.54) is 16.7 Å². The monoisotopic (exact) mass is 248 g/mol. The van der Waals surface area contributed by atoms with Gasteiger partial charge in [-0.3, -0.25) is 4.79 Å². The molecule has 1 aromatic carbocycles. The van der Waals surface area contributed by atoms with Crippen LogP contribution in [0.15, 0.2) is 18.2 Å². The molecule has 100 valence electrons. The zero-order chi connectivity index (χ0) is 13.5. The van der Waals surface area contributed by atoms with Crippen molar-refractivity contribution in [3.05, 3.63) is 34.9 Å². The van der Waals surface area contributed by atoms with Gasteiger partial charge in [0.25, 0.3) is 0 Å². The molecule has 1 rings (SSSR count). The first-order valence-electron chi connectivity index (χ1n) is 6.52. The second kappa shape index (κ2) is 7.17. The lowest BCUT2D eigenvalue weighted by atomic mass is 10.1. The summed E-state index contributed by atoms with van der Waals surface area (Å²) in [6.45, 7) is 10.2. The number of amides is 1. The van der Waals surface area contributed by atoms with Crippen molar-refractivity contribution in [3.63, 3.8) is 0 Å². The van der Waals surface area contributed by atoms with E-state index in [2.05, 4.69) is 56.5 Å². The lowest BCUT2D eigenvalue weighted by molar-refractivity contribution is -0.120. The highest BCUT2D eigenvalue weighted by atomic mass is 16.1. The number of carbonyl (C=O) groups is 1. The molecule has 0 bridgehead atoms. The van der Waals surface area contributed by atoms with Gasteiger partial charge in [-0.05, 0) is 25.3 Å². The molecule has 0 saturated carbocycles. The molecule has 0 saturated heterocycles. The van der Waals surface area contributed by atoms with Gasteiger partial charge in [0.2, 0.25) is 5.91 Å². The highest BCUT2D eigenvalue weighted by Crippen LogP contribution is 2.08. The van der Waals surface area contributed by atoms with Crippen LogP contribution in [0.2, 0.25) is 0 Å². The molecule has 2 N–H and O–H groups in total. The van der Waals surface area contributed by atoms with Crippen molar-refractivity contribution in [1.82, 2.24) is 10.6 Å². The first-order valence-corrected chi connectivity index (χ1v) is 6.52. The van der Waals surface area contributed by atoms with Crippen LogP contribution in [-0.2, 0) is 11.3 Å². The van der Waals surface area contributed by atoms with Gasteiger partial charge >= 0.3 is 0 Å². The van der Waals surface area contributed by atoms with Crippen LogP contribution in [0.4, 0.5) is 0 Å². The minimum Gasteiger partial charge on any atom is -0.355 e. The summed E-state index contributed by atoms with van der Waals surface area (Å²) < 4.78 is 0. The van der Waals surface area contributed by atoms with Crippen LogP contribution in [0.25, 0.3) is 0 Å². The number of aryl methyl sites for hydroxylation is 2. The van der Waals surface area contributed by atoms with E-state index in [1.807, 2.05) is 0 Å². The molecular formula is C15H24N2O. The van der Waals surface area contributed by atoms with E-state index in [0.717, 1.165) is 13.1 Å².